The number of hydrogen-bond acceptors (Lipinski definition) is 3. The molecule has 2 aromatic heterocycles. The molecule has 0 spiro atoms. The molecule has 0 unspecified atom stereocenters. The van der Waals surface area contributed by atoms with Gasteiger partial charge in [0.05, 0.1) is 17.0 Å². The molecule has 0 aliphatic rings. The molecule has 0 radical (unpaired) electrons. The van der Waals surface area contributed by atoms with Gasteiger partial charge < -0.3 is 5.11 Å². The van der Waals surface area contributed by atoms with Crippen molar-refractivity contribution in [1.82, 2.24) is 9.97 Å². The SMILES string of the molecule is Cc1c(C(=O)O)ccnc1-c1ccccn1. The van der Waals surface area contributed by atoms with Gasteiger partial charge in [-0.05, 0) is 30.7 Å². The average Bonchev–Trinajstić information content (AvgIpc) is 2.30. The summed E-state index contributed by atoms with van der Waals surface area (Å²) >= 11 is 0. The zero-order valence-electron chi connectivity index (χ0n) is 8.71. The minimum Gasteiger partial charge on any atom is -0.478 e. The molecule has 0 bridgehead atoms. The molecule has 0 aliphatic carbocycles. The molecule has 80 valence electrons. The van der Waals surface area contributed by atoms with Gasteiger partial charge in [-0.25, -0.2) is 4.79 Å². The first kappa shape index (κ1) is 10.3. The predicted octanol–water partition coefficient (Wildman–Crippen LogP) is 2.15. The highest BCUT2D eigenvalue weighted by atomic mass is 16.4. The lowest BCUT2D eigenvalue weighted by Gasteiger charge is -2.06. The van der Waals surface area contributed by atoms with Crippen molar-refractivity contribution < 1.29 is 9.90 Å². The Hall–Kier alpha value is -2.23. The van der Waals surface area contributed by atoms with Gasteiger partial charge in [0.1, 0.15) is 0 Å². The van der Waals surface area contributed by atoms with E-state index in [1.165, 1.54) is 12.3 Å². The Morgan fingerprint density at radius 2 is 2.00 bits per heavy atom. The Morgan fingerprint density at radius 3 is 2.62 bits per heavy atom. The number of hydrogen-bond donors (Lipinski definition) is 1. The zero-order chi connectivity index (χ0) is 11.5. The van der Waals surface area contributed by atoms with Crippen LogP contribution in [0.4, 0.5) is 0 Å². The van der Waals surface area contributed by atoms with Crippen molar-refractivity contribution in [2.75, 3.05) is 0 Å². The number of carbonyl (C=O) groups is 1. The summed E-state index contributed by atoms with van der Waals surface area (Å²) in [5.74, 6) is -0.947. The summed E-state index contributed by atoms with van der Waals surface area (Å²) in [6.45, 7) is 1.74. The molecule has 0 amide bonds. The smallest absolute Gasteiger partial charge is 0.336 e. The second kappa shape index (κ2) is 4.10. The standard InChI is InChI=1S/C12H10N2O2/c1-8-9(12(15)16)5-7-14-11(8)10-4-2-3-6-13-10/h2-7H,1H3,(H,15,16). The predicted molar refractivity (Wildman–Crippen MR) is 59.2 cm³/mol. The molecule has 16 heavy (non-hydrogen) atoms. The van der Waals surface area contributed by atoms with Crippen LogP contribution in [0, 0.1) is 6.92 Å². The lowest BCUT2D eigenvalue weighted by atomic mass is 10.1. The number of nitrogens with zero attached hydrogens (tertiary/aromatic N) is 2. The lowest BCUT2D eigenvalue weighted by molar-refractivity contribution is 0.0696. The topological polar surface area (TPSA) is 63.1 Å². The Balaban J connectivity index is 2.59. The highest BCUT2D eigenvalue weighted by molar-refractivity contribution is 5.91. The molecule has 4 heteroatoms. The summed E-state index contributed by atoms with van der Waals surface area (Å²) in [5.41, 5.74) is 2.19. The van der Waals surface area contributed by atoms with Gasteiger partial charge in [-0.2, -0.15) is 0 Å². The van der Waals surface area contributed by atoms with Crippen LogP contribution in [0.25, 0.3) is 11.4 Å². The van der Waals surface area contributed by atoms with Gasteiger partial charge in [0.2, 0.25) is 0 Å². The summed E-state index contributed by atoms with van der Waals surface area (Å²) in [5, 5.41) is 8.99. The molecule has 1 N–H and O–H groups in total. The quantitative estimate of drug-likeness (QED) is 0.831. The van der Waals surface area contributed by atoms with E-state index < -0.39 is 5.97 Å². The van der Waals surface area contributed by atoms with Crippen molar-refractivity contribution in [3.05, 3.63) is 47.8 Å². The van der Waals surface area contributed by atoms with Gasteiger partial charge >= 0.3 is 5.97 Å². The minimum absolute atomic E-state index is 0.260. The first-order valence-electron chi connectivity index (χ1n) is 4.80. The first-order chi connectivity index (χ1) is 7.70. The van der Waals surface area contributed by atoms with E-state index in [1.807, 2.05) is 6.07 Å². The van der Waals surface area contributed by atoms with Crippen LogP contribution in [0.5, 0.6) is 0 Å². The molecular weight excluding hydrogens is 204 g/mol. The fourth-order valence-electron chi connectivity index (χ4n) is 1.53. The molecule has 4 nitrogen and oxygen atoms in total. The summed E-state index contributed by atoms with van der Waals surface area (Å²) in [7, 11) is 0. The fraction of sp³-hybridized carbons (Fsp3) is 0.0833. The molecule has 0 saturated heterocycles. The van der Waals surface area contributed by atoms with E-state index in [0.29, 0.717) is 17.0 Å². The van der Waals surface area contributed by atoms with Gasteiger partial charge in [-0.15, -0.1) is 0 Å². The second-order valence-corrected chi connectivity index (χ2v) is 3.35. The van der Waals surface area contributed by atoms with Gasteiger partial charge in [0, 0.05) is 12.4 Å². The van der Waals surface area contributed by atoms with E-state index in [1.54, 1.807) is 25.3 Å². The van der Waals surface area contributed by atoms with Crippen LogP contribution in [0.15, 0.2) is 36.7 Å². The molecular formula is C12H10N2O2. The fourth-order valence-corrected chi connectivity index (χ4v) is 1.53. The zero-order valence-corrected chi connectivity index (χ0v) is 8.71. The van der Waals surface area contributed by atoms with Crippen molar-refractivity contribution in [3.8, 4) is 11.4 Å². The van der Waals surface area contributed by atoms with Crippen LogP contribution >= 0.6 is 0 Å². The van der Waals surface area contributed by atoms with E-state index in [2.05, 4.69) is 9.97 Å². The molecule has 0 aliphatic heterocycles. The van der Waals surface area contributed by atoms with Crippen molar-refractivity contribution in [2.45, 2.75) is 6.92 Å². The average molecular weight is 214 g/mol. The Morgan fingerprint density at radius 1 is 1.19 bits per heavy atom. The van der Waals surface area contributed by atoms with Gasteiger partial charge in [0.25, 0.3) is 0 Å². The van der Waals surface area contributed by atoms with Crippen LogP contribution in [-0.4, -0.2) is 21.0 Å². The maximum atomic E-state index is 11.0. The monoisotopic (exact) mass is 214 g/mol. The van der Waals surface area contributed by atoms with E-state index in [-0.39, 0.29) is 5.56 Å². The Kier molecular flexibility index (Phi) is 2.64. The van der Waals surface area contributed by atoms with E-state index in [0.717, 1.165) is 0 Å². The van der Waals surface area contributed by atoms with Gasteiger partial charge in [-0.1, -0.05) is 6.07 Å². The Labute approximate surface area is 92.6 Å². The molecule has 0 saturated carbocycles. The number of pyridine rings is 2. The van der Waals surface area contributed by atoms with Crippen LogP contribution in [0.1, 0.15) is 15.9 Å². The van der Waals surface area contributed by atoms with Crippen molar-refractivity contribution in [1.29, 1.82) is 0 Å². The third kappa shape index (κ3) is 1.77. The van der Waals surface area contributed by atoms with Crippen molar-refractivity contribution >= 4 is 5.97 Å². The summed E-state index contributed by atoms with van der Waals surface area (Å²) < 4.78 is 0. The lowest BCUT2D eigenvalue weighted by Crippen LogP contribution is -2.02. The van der Waals surface area contributed by atoms with Crippen molar-refractivity contribution in [3.63, 3.8) is 0 Å². The summed E-state index contributed by atoms with van der Waals surface area (Å²) in [6.07, 6.45) is 3.14. The van der Waals surface area contributed by atoms with Gasteiger partial charge in [-0.3, -0.25) is 9.97 Å². The first-order valence-corrected chi connectivity index (χ1v) is 4.80. The van der Waals surface area contributed by atoms with Crippen LogP contribution < -0.4 is 0 Å². The third-order valence-corrected chi connectivity index (χ3v) is 2.34. The van der Waals surface area contributed by atoms with Crippen LogP contribution in [0.3, 0.4) is 0 Å². The number of aromatic nitrogens is 2. The Bertz CT molecular complexity index is 524. The van der Waals surface area contributed by atoms with Gasteiger partial charge in [0.15, 0.2) is 0 Å². The van der Waals surface area contributed by atoms with E-state index in [9.17, 15) is 4.79 Å². The maximum absolute atomic E-state index is 11.0. The molecule has 2 heterocycles. The molecule has 0 fully saturated rings. The molecule has 2 rings (SSSR count). The molecule has 2 aromatic rings. The molecule has 0 aromatic carbocycles. The summed E-state index contributed by atoms with van der Waals surface area (Å²) in [6, 6.07) is 6.95. The summed E-state index contributed by atoms with van der Waals surface area (Å²) in [4.78, 5) is 19.3. The number of carboxylic acids is 1. The highest BCUT2D eigenvalue weighted by Crippen LogP contribution is 2.20. The van der Waals surface area contributed by atoms with Crippen molar-refractivity contribution in [2.24, 2.45) is 0 Å². The van der Waals surface area contributed by atoms with Crippen LogP contribution in [0.2, 0.25) is 0 Å². The number of rotatable bonds is 2. The van der Waals surface area contributed by atoms with Crippen LogP contribution in [-0.2, 0) is 0 Å². The second-order valence-electron chi connectivity index (χ2n) is 3.35. The third-order valence-electron chi connectivity index (χ3n) is 2.34. The molecule has 0 atom stereocenters. The minimum atomic E-state index is -0.947. The largest absolute Gasteiger partial charge is 0.478 e. The highest BCUT2D eigenvalue weighted by Gasteiger charge is 2.12. The normalized spacial score (nSPS) is 10.1. The number of aromatic carboxylic acids is 1. The van der Waals surface area contributed by atoms with E-state index in [4.69, 9.17) is 5.11 Å². The number of carboxylic acid groups (broad SMARTS) is 1. The van der Waals surface area contributed by atoms with E-state index >= 15 is 0 Å². The maximum Gasteiger partial charge on any atom is 0.336 e.